The third-order valence-electron chi connectivity index (χ3n) is 4.40. The second-order valence-electron chi connectivity index (χ2n) is 6.85. The van der Waals surface area contributed by atoms with Crippen LogP contribution >= 0.6 is 0 Å². The maximum atomic E-state index is 13.1. The molecular weight excluding hydrogens is 435 g/mol. The smallest absolute Gasteiger partial charge is 0.416 e. The fourth-order valence-electron chi connectivity index (χ4n) is 2.99. The number of hydrogen-bond donors (Lipinski definition) is 1. The molecule has 0 bridgehead atoms. The topological polar surface area (TPSA) is 88.1 Å². The van der Waals surface area contributed by atoms with E-state index >= 15 is 0 Å². The molecule has 3 rings (SSSR count). The summed E-state index contributed by atoms with van der Waals surface area (Å²) in [5.41, 5.74) is -0.702. The van der Waals surface area contributed by atoms with E-state index in [1.165, 1.54) is 18.0 Å². The molecule has 0 unspecified atom stereocenters. The first-order valence-electron chi connectivity index (χ1n) is 9.32. The lowest BCUT2D eigenvalue weighted by Gasteiger charge is -2.20. The fraction of sp³-hybridized carbons (Fsp3) is 0.300. The highest BCUT2D eigenvalue weighted by molar-refractivity contribution is 7.90. The molecule has 11 heteroatoms. The molecule has 0 aliphatic carbocycles. The number of anilines is 1. The summed E-state index contributed by atoms with van der Waals surface area (Å²) in [7, 11) is -2.39. The Morgan fingerprint density at radius 3 is 2.58 bits per heavy atom. The number of nitrogens with one attached hydrogen (secondary N) is 1. The van der Waals surface area contributed by atoms with Gasteiger partial charge >= 0.3 is 6.18 Å². The van der Waals surface area contributed by atoms with Crippen LogP contribution in [0.4, 0.5) is 18.9 Å². The largest absolute Gasteiger partial charge is 0.491 e. The Labute approximate surface area is 177 Å². The van der Waals surface area contributed by atoms with Gasteiger partial charge in [0.25, 0.3) is 10.0 Å². The molecule has 2 aromatic rings. The first kappa shape index (κ1) is 22.6. The number of amidine groups is 1. The summed E-state index contributed by atoms with van der Waals surface area (Å²) in [6, 6.07) is 9.01. The zero-order chi connectivity index (χ0) is 22.8. The van der Waals surface area contributed by atoms with Gasteiger partial charge in [-0.2, -0.15) is 21.6 Å². The van der Waals surface area contributed by atoms with Crippen molar-refractivity contribution in [1.82, 2.24) is 4.90 Å². The number of alkyl halides is 3. The van der Waals surface area contributed by atoms with E-state index in [-0.39, 0.29) is 35.3 Å². The van der Waals surface area contributed by atoms with E-state index in [0.717, 1.165) is 18.2 Å². The summed E-state index contributed by atoms with van der Waals surface area (Å²) in [5.74, 6) is -0.470. The number of carbonyl (C=O) groups excluding carboxylic acids is 1. The number of halogens is 3. The van der Waals surface area contributed by atoms with Crippen molar-refractivity contribution in [3.63, 3.8) is 0 Å². The predicted molar refractivity (Wildman–Crippen MR) is 109 cm³/mol. The third-order valence-corrected chi connectivity index (χ3v) is 5.72. The van der Waals surface area contributed by atoms with E-state index < -0.39 is 27.7 Å². The Hall–Kier alpha value is -3.08. The van der Waals surface area contributed by atoms with Crippen LogP contribution in [0.3, 0.4) is 0 Å². The Morgan fingerprint density at radius 1 is 1.19 bits per heavy atom. The standard InChI is InChI=1S/C20H20F3N3O4S/c1-3-10-30-16-9-8-13(20(21,22)23)11-15(16)24-18(27)12-26(2)19-14-6-4-5-7-17(14)31(28,29)25-19/h4-9,11H,3,10,12H2,1-2H3,(H,24,27). The maximum Gasteiger partial charge on any atom is 0.416 e. The van der Waals surface area contributed by atoms with E-state index in [0.29, 0.717) is 12.0 Å². The van der Waals surface area contributed by atoms with Gasteiger partial charge in [-0.1, -0.05) is 19.1 Å². The number of sulfonamides is 1. The van der Waals surface area contributed by atoms with E-state index in [4.69, 9.17) is 4.74 Å². The molecule has 2 aromatic carbocycles. The van der Waals surface area contributed by atoms with Crippen LogP contribution in [0.5, 0.6) is 5.75 Å². The molecule has 1 heterocycles. The van der Waals surface area contributed by atoms with Gasteiger partial charge in [0.1, 0.15) is 10.6 Å². The molecule has 0 saturated heterocycles. The SMILES string of the molecule is CCCOc1ccc(C(F)(F)F)cc1NC(=O)CN(C)C1=NS(=O)(=O)c2ccccc21. The lowest BCUT2D eigenvalue weighted by Crippen LogP contribution is -2.35. The van der Waals surface area contributed by atoms with Gasteiger partial charge in [-0.25, -0.2) is 0 Å². The molecule has 1 aliphatic heterocycles. The van der Waals surface area contributed by atoms with Crippen LogP contribution in [0.25, 0.3) is 0 Å². The van der Waals surface area contributed by atoms with E-state index in [1.807, 2.05) is 6.92 Å². The highest BCUT2D eigenvalue weighted by Crippen LogP contribution is 2.35. The lowest BCUT2D eigenvalue weighted by molar-refractivity contribution is -0.137. The van der Waals surface area contributed by atoms with Gasteiger partial charge in [-0.05, 0) is 36.8 Å². The molecule has 1 N–H and O–H groups in total. The quantitative estimate of drug-likeness (QED) is 0.720. The van der Waals surface area contributed by atoms with Crippen molar-refractivity contribution in [2.45, 2.75) is 24.4 Å². The average Bonchev–Trinajstić information content (AvgIpc) is 2.97. The van der Waals surface area contributed by atoms with Gasteiger partial charge in [0, 0.05) is 12.6 Å². The molecule has 0 saturated carbocycles. The lowest BCUT2D eigenvalue weighted by atomic mass is 10.1. The number of carbonyl (C=O) groups is 1. The number of nitrogens with zero attached hydrogens (tertiary/aromatic N) is 2. The predicted octanol–water partition coefficient (Wildman–Crippen LogP) is 3.51. The molecule has 7 nitrogen and oxygen atoms in total. The van der Waals surface area contributed by atoms with Crippen molar-refractivity contribution in [3.05, 3.63) is 53.6 Å². The molecule has 0 radical (unpaired) electrons. The van der Waals surface area contributed by atoms with Crippen molar-refractivity contribution in [2.24, 2.45) is 4.40 Å². The highest BCUT2D eigenvalue weighted by atomic mass is 32.2. The number of amides is 1. The van der Waals surface area contributed by atoms with Gasteiger partial charge in [-0.3, -0.25) is 4.79 Å². The van der Waals surface area contributed by atoms with Crippen LogP contribution in [0.1, 0.15) is 24.5 Å². The summed E-state index contributed by atoms with van der Waals surface area (Å²) in [5, 5.41) is 2.42. The third kappa shape index (κ3) is 4.98. The molecule has 1 aliphatic rings. The van der Waals surface area contributed by atoms with E-state index in [1.54, 1.807) is 18.2 Å². The Balaban J connectivity index is 1.80. The molecule has 166 valence electrons. The molecule has 31 heavy (non-hydrogen) atoms. The number of fused-ring (bicyclic) bond motifs is 1. The molecule has 1 amide bonds. The summed E-state index contributed by atoms with van der Waals surface area (Å²) >= 11 is 0. The van der Waals surface area contributed by atoms with Gasteiger partial charge in [0.2, 0.25) is 5.91 Å². The van der Waals surface area contributed by atoms with Crippen molar-refractivity contribution in [2.75, 3.05) is 25.5 Å². The normalized spacial score (nSPS) is 14.5. The second kappa shape index (κ2) is 8.58. The zero-order valence-corrected chi connectivity index (χ0v) is 17.5. The van der Waals surface area contributed by atoms with Crippen LogP contribution in [0, 0.1) is 0 Å². The Bertz CT molecular complexity index is 1130. The van der Waals surface area contributed by atoms with Crippen LogP contribution < -0.4 is 10.1 Å². The van der Waals surface area contributed by atoms with Crippen molar-refractivity contribution in [3.8, 4) is 5.75 Å². The van der Waals surface area contributed by atoms with E-state index in [2.05, 4.69) is 9.71 Å². The molecule has 0 aromatic heterocycles. The van der Waals surface area contributed by atoms with E-state index in [9.17, 15) is 26.4 Å². The Kier molecular flexibility index (Phi) is 6.25. The monoisotopic (exact) mass is 455 g/mol. The Morgan fingerprint density at radius 2 is 1.90 bits per heavy atom. The van der Waals surface area contributed by atoms with Gasteiger partial charge < -0.3 is 15.0 Å². The van der Waals surface area contributed by atoms with Gasteiger partial charge in [0.15, 0.2) is 5.84 Å². The molecule has 0 fully saturated rings. The van der Waals surface area contributed by atoms with Crippen molar-refractivity contribution >= 4 is 27.5 Å². The second-order valence-corrected chi connectivity index (χ2v) is 8.42. The summed E-state index contributed by atoms with van der Waals surface area (Å²) < 4.78 is 72.8. The number of benzene rings is 2. The van der Waals surface area contributed by atoms with Gasteiger partial charge in [0.05, 0.1) is 24.4 Å². The van der Waals surface area contributed by atoms with Crippen molar-refractivity contribution in [1.29, 1.82) is 0 Å². The minimum absolute atomic E-state index is 0.0328. The number of rotatable bonds is 6. The minimum atomic E-state index is -4.59. The highest BCUT2D eigenvalue weighted by Gasteiger charge is 2.32. The van der Waals surface area contributed by atoms with Crippen molar-refractivity contribution < 1.29 is 31.1 Å². The number of likely N-dealkylation sites (N-methyl/N-ethyl adjacent to an activating group) is 1. The summed E-state index contributed by atoms with van der Waals surface area (Å²) in [6.45, 7) is 1.76. The van der Waals surface area contributed by atoms with Crippen LogP contribution in [-0.2, 0) is 21.0 Å². The average molecular weight is 455 g/mol. The number of ether oxygens (including phenoxy) is 1. The summed E-state index contributed by atoms with van der Waals surface area (Å²) in [6.07, 6.45) is -3.96. The zero-order valence-electron chi connectivity index (χ0n) is 16.7. The van der Waals surface area contributed by atoms with Gasteiger partial charge in [-0.15, -0.1) is 4.40 Å². The van der Waals surface area contributed by atoms with Crippen LogP contribution in [-0.4, -0.2) is 45.3 Å². The molecule has 0 spiro atoms. The molecular formula is C20H20F3N3O4S. The fourth-order valence-corrected chi connectivity index (χ4v) is 4.24. The minimum Gasteiger partial charge on any atom is -0.491 e. The number of hydrogen-bond acceptors (Lipinski definition) is 5. The first-order valence-corrected chi connectivity index (χ1v) is 10.8. The first-order chi connectivity index (χ1) is 14.5. The summed E-state index contributed by atoms with van der Waals surface area (Å²) in [4.78, 5) is 13.9. The van der Waals surface area contributed by atoms with Crippen LogP contribution in [0.2, 0.25) is 0 Å². The van der Waals surface area contributed by atoms with Crippen LogP contribution in [0.15, 0.2) is 51.8 Å². The maximum absolute atomic E-state index is 13.1. The molecule has 0 atom stereocenters.